The number of hydrogen-bond donors (Lipinski definition) is 3. The first-order valence-corrected chi connectivity index (χ1v) is 11.9. The summed E-state index contributed by atoms with van der Waals surface area (Å²) in [6, 6.07) is 13.5. The van der Waals surface area contributed by atoms with E-state index in [-0.39, 0.29) is 5.56 Å². The van der Waals surface area contributed by atoms with Gasteiger partial charge in [-0.2, -0.15) is 5.10 Å². The van der Waals surface area contributed by atoms with Gasteiger partial charge in [0, 0.05) is 65.1 Å². The van der Waals surface area contributed by atoms with Crippen LogP contribution in [0.1, 0.15) is 16.8 Å². The van der Waals surface area contributed by atoms with Gasteiger partial charge in [0.15, 0.2) is 0 Å². The van der Waals surface area contributed by atoms with E-state index in [9.17, 15) is 4.79 Å². The second-order valence-corrected chi connectivity index (χ2v) is 9.18. The molecule has 3 N–H and O–H groups in total. The van der Waals surface area contributed by atoms with Gasteiger partial charge in [-0.1, -0.05) is 29.3 Å². The zero-order valence-corrected chi connectivity index (χ0v) is 20.2. The molecule has 0 radical (unpaired) electrons. The molecule has 0 amide bonds. The molecule has 0 atom stereocenters. The molecule has 1 fully saturated rings. The van der Waals surface area contributed by atoms with E-state index in [1.807, 2.05) is 18.2 Å². The van der Waals surface area contributed by atoms with Crippen molar-refractivity contribution in [3.05, 3.63) is 85.9 Å². The van der Waals surface area contributed by atoms with Crippen LogP contribution in [0, 0.1) is 6.92 Å². The Morgan fingerprint density at radius 2 is 1.85 bits per heavy atom. The highest BCUT2D eigenvalue weighted by Crippen LogP contribution is 2.30. The summed E-state index contributed by atoms with van der Waals surface area (Å²) in [5, 5.41) is 15.5. The second kappa shape index (κ2) is 9.62. The smallest absolute Gasteiger partial charge is 0.275 e. The highest BCUT2D eigenvalue weighted by Gasteiger charge is 2.16. The number of fused-ring (bicyclic) bond motifs is 1. The summed E-state index contributed by atoms with van der Waals surface area (Å²) in [6.45, 7) is 6.02. The molecule has 5 rings (SSSR count). The lowest BCUT2D eigenvalue weighted by Gasteiger charge is -2.31. The van der Waals surface area contributed by atoms with Crippen LogP contribution in [-0.4, -0.2) is 41.4 Å². The summed E-state index contributed by atoms with van der Waals surface area (Å²) in [4.78, 5) is 19.8. The third-order valence-electron chi connectivity index (χ3n) is 6.04. The SMILES string of the molecule is Cc1cc(Nc2nc(Cc3c(Cl)cccc3Cl)cc3cn[nH]c(=O)c23)ccc1N1CCNCC1. The molecule has 1 aliphatic heterocycles. The summed E-state index contributed by atoms with van der Waals surface area (Å²) < 4.78 is 0. The molecule has 4 aromatic rings. The van der Waals surface area contributed by atoms with Crippen molar-refractivity contribution in [2.24, 2.45) is 0 Å². The van der Waals surface area contributed by atoms with Gasteiger partial charge in [-0.15, -0.1) is 0 Å². The zero-order valence-electron chi connectivity index (χ0n) is 18.7. The molecule has 3 heterocycles. The number of nitrogens with zero attached hydrogens (tertiary/aromatic N) is 3. The lowest BCUT2D eigenvalue weighted by Crippen LogP contribution is -2.43. The van der Waals surface area contributed by atoms with Crippen LogP contribution in [0.3, 0.4) is 0 Å². The molecule has 7 nitrogen and oxygen atoms in total. The molecule has 0 saturated carbocycles. The first-order valence-electron chi connectivity index (χ1n) is 11.1. The van der Waals surface area contributed by atoms with Gasteiger partial charge in [0.1, 0.15) is 5.82 Å². The van der Waals surface area contributed by atoms with Crippen molar-refractivity contribution in [2.45, 2.75) is 13.3 Å². The van der Waals surface area contributed by atoms with E-state index < -0.39 is 0 Å². The first-order chi connectivity index (χ1) is 16.5. The number of nitrogens with one attached hydrogen (secondary N) is 3. The maximum atomic E-state index is 12.6. The molecule has 0 unspecified atom stereocenters. The van der Waals surface area contributed by atoms with E-state index in [2.05, 4.69) is 44.8 Å². The maximum Gasteiger partial charge on any atom is 0.275 e. The Morgan fingerprint density at radius 1 is 1.09 bits per heavy atom. The number of aromatic nitrogens is 3. The molecule has 2 aromatic carbocycles. The lowest BCUT2D eigenvalue weighted by atomic mass is 10.1. The number of piperazine rings is 1. The number of pyridine rings is 1. The van der Waals surface area contributed by atoms with E-state index in [4.69, 9.17) is 28.2 Å². The van der Waals surface area contributed by atoms with Crippen molar-refractivity contribution in [3.63, 3.8) is 0 Å². The third kappa shape index (κ3) is 4.59. The highest BCUT2D eigenvalue weighted by atomic mass is 35.5. The van der Waals surface area contributed by atoms with Crippen molar-refractivity contribution in [2.75, 3.05) is 36.4 Å². The van der Waals surface area contributed by atoms with Crippen molar-refractivity contribution < 1.29 is 0 Å². The Morgan fingerprint density at radius 3 is 2.59 bits per heavy atom. The fourth-order valence-corrected chi connectivity index (χ4v) is 4.90. The largest absolute Gasteiger partial charge is 0.369 e. The van der Waals surface area contributed by atoms with Crippen molar-refractivity contribution in [1.82, 2.24) is 20.5 Å². The van der Waals surface area contributed by atoms with E-state index in [1.54, 1.807) is 18.3 Å². The normalized spacial score (nSPS) is 13.9. The van der Waals surface area contributed by atoms with Crippen LogP contribution in [-0.2, 0) is 6.42 Å². The summed E-state index contributed by atoms with van der Waals surface area (Å²) in [6.07, 6.45) is 2.05. The summed E-state index contributed by atoms with van der Waals surface area (Å²) >= 11 is 12.8. The van der Waals surface area contributed by atoms with Gasteiger partial charge in [0.25, 0.3) is 5.56 Å². The molecule has 0 aliphatic carbocycles. The molecule has 0 spiro atoms. The standard InChI is InChI=1S/C25H24Cl2N6O/c1-15-11-17(5-6-22(15)33-9-7-28-8-10-33)30-24-23-16(14-29-32-25(23)34)12-18(31-24)13-19-20(26)3-2-4-21(19)27/h2-6,11-12,14,28H,7-10,13H2,1H3,(H,30,31)(H,32,34). The van der Waals surface area contributed by atoms with Crippen LogP contribution < -0.4 is 21.1 Å². The van der Waals surface area contributed by atoms with Crippen molar-refractivity contribution in [1.29, 1.82) is 0 Å². The summed E-state index contributed by atoms with van der Waals surface area (Å²) in [5.74, 6) is 0.466. The molecule has 174 valence electrons. The van der Waals surface area contributed by atoms with Gasteiger partial charge < -0.3 is 15.5 Å². The number of anilines is 3. The Labute approximate surface area is 207 Å². The Bertz CT molecular complexity index is 1390. The fraction of sp³-hybridized carbons (Fsp3) is 0.240. The van der Waals surface area contributed by atoms with Crippen molar-refractivity contribution in [3.8, 4) is 0 Å². The van der Waals surface area contributed by atoms with Crippen LogP contribution in [0.5, 0.6) is 0 Å². The molecule has 34 heavy (non-hydrogen) atoms. The van der Waals surface area contributed by atoms with Crippen LogP contribution in [0.25, 0.3) is 10.8 Å². The molecular weight excluding hydrogens is 471 g/mol. The van der Waals surface area contributed by atoms with Crippen molar-refractivity contribution >= 4 is 51.2 Å². The molecule has 2 aromatic heterocycles. The Kier molecular flexibility index (Phi) is 6.41. The van der Waals surface area contributed by atoms with Crippen LogP contribution in [0.2, 0.25) is 10.0 Å². The second-order valence-electron chi connectivity index (χ2n) is 8.37. The number of H-pyrrole nitrogens is 1. The van der Waals surface area contributed by atoms with Gasteiger partial charge in [-0.25, -0.2) is 10.1 Å². The molecule has 0 bridgehead atoms. The molecule has 9 heteroatoms. The maximum absolute atomic E-state index is 12.6. The van der Waals surface area contributed by atoms with Gasteiger partial charge in [0.05, 0.1) is 11.6 Å². The van der Waals surface area contributed by atoms with Gasteiger partial charge in [-0.3, -0.25) is 4.79 Å². The van der Waals surface area contributed by atoms with Gasteiger partial charge in [-0.05, 0) is 54.4 Å². The number of halogens is 2. The molecule has 1 saturated heterocycles. The van der Waals surface area contributed by atoms with Gasteiger partial charge >= 0.3 is 0 Å². The lowest BCUT2D eigenvalue weighted by molar-refractivity contribution is 0.588. The predicted molar refractivity (Wildman–Crippen MR) is 139 cm³/mol. The number of rotatable bonds is 5. The van der Waals surface area contributed by atoms with E-state index in [0.717, 1.165) is 48.7 Å². The van der Waals surface area contributed by atoms with E-state index in [1.165, 1.54) is 5.69 Å². The highest BCUT2D eigenvalue weighted by molar-refractivity contribution is 6.36. The summed E-state index contributed by atoms with van der Waals surface area (Å²) in [5.41, 5.74) is 4.45. The number of benzene rings is 2. The topological polar surface area (TPSA) is 85.9 Å². The molecular formula is C25H24Cl2N6O. The minimum atomic E-state index is -0.302. The average Bonchev–Trinajstić information content (AvgIpc) is 2.82. The number of aryl methyl sites for hydroxylation is 1. The monoisotopic (exact) mass is 494 g/mol. The zero-order chi connectivity index (χ0) is 23.7. The minimum absolute atomic E-state index is 0.302. The van der Waals surface area contributed by atoms with Crippen LogP contribution >= 0.6 is 23.2 Å². The van der Waals surface area contributed by atoms with E-state index >= 15 is 0 Å². The van der Waals surface area contributed by atoms with Crippen LogP contribution in [0.15, 0.2) is 53.5 Å². The quantitative estimate of drug-likeness (QED) is 0.373. The van der Waals surface area contributed by atoms with Crippen LogP contribution in [0.4, 0.5) is 17.2 Å². The van der Waals surface area contributed by atoms with Gasteiger partial charge in [0.2, 0.25) is 0 Å². The Hall–Kier alpha value is -3.13. The third-order valence-corrected chi connectivity index (χ3v) is 6.74. The average molecular weight is 495 g/mol. The predicted octanol–water partition coefficient (Wildman–Crippen LogP) is 4.68. The first kappa shape index (κ1) is 22.7. The minimum Gasteiger partial charge on any atom is -0.369 e. The molecule has 1 aliphatic rings. The van der Waals surface area contributed by atoms with E-state index in [0.29, 0.717) is 33.1 Å². The fourth-order valence-electron chi connectivity index (χ4n) is 4.37. The number of hydrogen-bond acceptors (Lipinski definition) is 6. The Balaban J connectivity index is 1.52. The summed E-state index contributed by atoms with van der Waals surface area (Å²) in [7, 11) is 0. The number of aromatic amines is 1.